The average molecular weight is 124 g/mol. The van der Waals surface area contributed by atoms with Gasteiger partial charge in [0, 0.05) is 0 Å². The number of hydrogen-bond donors (Lipinski definition) is 0. The largest absolute Gasteiger partial charge is 1.00 e. The SMILES string of the molecule is Cl.[N-]=[N+]=[N-].[Na+].[Na+]. The van der Waals surface area contributed by atoms with Crippen LogP contribution in [0.2, 0.25) is 0 Å². The summed E-state index contributed by atoms with van der Waals surface area (Å²) in [6.45, 7) is 0. The molecule has 0 fully saturated rings. The maximum atomic E-state index is 6.75. The van der Waals surface area contributed by atoms with E-state index in [4.69, 9.17) is 11.1 Å². The Bertz CT molecular complexity index is 29.8. The Balaban J connectivity index is -0.00000000667. The molecule has 0 aliphatic rings. The quantitative estimate of drug-likeness (QED) is 0.135. The van der Waals surface area contributed by atoms with Gasteiger partial charge in [0.25, 0.3) is 0 Å². The van der Waals surface area contributed by atoms with E-state index in [0.717, 1.165) is 0 Å². The molecule has 0 aliphatic carbocycles. The third-order valence-corrected chi connectivity index (χ3v) is 0. The molecule has 0 aromatic heterocycles. The molecule has 0 aromatic rings. The second-order valence-corrected chi connectivity index (χ2v) is 0.0894. The number of nitrogens with zero attached hydrogens (tertiary/aromatic N) is 3. The summed E-state index contributed by atoms with van der Waals surface area (Å²) in [4.78, 5) is 1.50. The van der Waals surface area contributed by atoms with Crippen molar-refractivity contribution in [1.29, 1.82) is 0 Å². The van der Waals surface area contributed by atoms with Crippen molar-refractivity contribution in [3.05, 3.63) is 16.0 Å². The fraction of sp³-hybridized carbons (Fsp3) is 0. The summed E-state index contributed by atoms with van der Waals surface area (Å²) in [6, 6.07) is 0. The van der Waals surface area contributed by atoms with E-state index in [0.29, 0.717) is 0 Å². The summed E-state index contributed by atoms with van der Waals surface area (Å²) >= 11 is 0. The van der Waals surface area contributed by atoms with Gasteiger partial charge in [-0.1, -0.05) is 0 Å². The van der Waals surface area contributed by atoms with Crippen LogP contribution in [0.1, 0.15) is 0 Å². The number of rotatable bonds is 0. The van der Waals surface area contributed by atoms with Crippen LogP contribution in [0, 0.1) is 0 Å². The van der Waals surface area contributed by atoms with E-state index >= 15 is 0 Å². The van der Waals surface area contributed by atoms with Gasteiger partial charge in [-0.15, -0.1) is 12.4 Å². The molecule has 0 N–H and O–H groups in total. The molecule has 0 aromatic carbocycles. The monoisotopic (exact) mass is 124 g/mol. The van der Waals surface area contributed by atoms with Crippen LogP contribution in [0.4, 0.5) is 0 Å². The van der Waals surface area contributed by atoms with E-state index < -0.39 is 0 Å². The van der Waals surface area contributed by atoms with Crippen LogP contribution in [0.15, 0.2) is 0 Å². The Morgan fingerprint density at radius 1 is 1.00 bits per heavy atom. The third kappa shape index (κ3) is 46.3. The van der Waals surface area contributed by atoms with Gasteiger partial charge < -0.3 is 11.1 Å². The van der Waals surface area contributed by atoms with Crippen LogP contribution in [0.3, 0.4) is 0 Å². The Labute approximate surface area is 86.3 Å². The predicted molar refractivity (Wildman–Crippen MR) is 17.3 cm³/mol. The first-order valence-electron chi connectivity index (χ1n) is 0.400. The summed E-state index contributed by atoms with van der Waals surface area (Å²) in [5, 5.41) is 0. The minimum Gasteiger partial charge on any atom is -0.373 e. The first-order chi connectivity index (χ1) is 1.41. The van der Waals surface area contributed by atoms with Gasteiger partial charge in [-0.05, 0) is 0 Å². The molecule has 0 amide bonds. The standard InChI is InChI=1S/ClH.N3.2Na/c;1-3-2;;/h1H;;;/q;-1;2*+1. The first kappa shape index (κ1) is 25.5. The van der Waals surface area contributed by atoms with Gasteiger partial charge >= 0.3 is 59.1 Å². The van der Waals surface area contributed by atoms with Crippen LogP contribution in [-0.4, -0.2) is 0 Å². The van der Waals surface area contributed by atoms with E-state index in [9.17, 15) is 0 Å². The summed E-state index contributed by atoms with van der Waals surface area (Å²) in [5.41, 5.74) is 13.5. The van der Waals surface area contributed by atoms with Crippen molar-refractivity contribution >= 4 is 12.4 Å². The zero-order valence-corrected chi connectivity index (χ0v) is 8.57. The molecule has 24 valence electrons. The van der Waals surface area contributed by atoms with Crippen LogP contribution in [0.25, 0.3) is 16.0 Å². The van der Waals surface area contributed by atoms with Crippen molar-refractivity contribution in [2.45, 2.75) is 0 Å². The molecule has 0 bridgehead atoms. The molecule has 6 heavy (non-hydrogen) atoms. The number of halogens is 1. The minimum atomic E-state index is 0. The van der Waals surface area contributed by atoms with Gasteiger partial charge in [0.15, 0.2) is 0 Å². The van der Waals surface area contributed by atoms with Crippen LogP contribution < -0.4 is 59.1 Å². The molecule has 0 unspecified atom stereocenters. The Morgan fingerprint density at radius 2 is 1.00 bits per heavy atom. The van der Waals surface area contributed by atoms with Crippen LogP contribution >= 0.6 is 12.4 Å². The Morgan fingerprint density at radius 3 is 1.00 bits per heavy atom. The van der Waals surface area contributed by atoms with E-state index in [1.165, 1.54) is 4.91 Å². The molecule has 6 heteroatoms. The summed E-state index contributed by atoms with van der Waals surface area (Å²) < 4.78 is 0. The Hall–Kier alpha value is 1.60. The summed E-state index contributed by atoms with van der Waals surface area (Å²) in [5.74, 6) is 0. The van der Waals surface area contributed by atoms with Gasteiger partial charge in [0.05, 0.1) is 0 Å². The molecular formula is HClN3Na2+. The topological polar surface area (TPSA) is 58.7 Å². The fourth-order valence-corrected chi connectivity index (χ4v) is 0. The molecular weight excluding hydrogens is 123 g/mol. The summed E-state index contributed by atoms with van der Waals surface area (Å²) in [7, 11) is 0. The maximum absolute atomic E-state index is 6.75. The average Bonchev–Trinajstić information content (AvgIpc) is 0.918. The van der Waals surface area contributed by atoms with Crippen molar-refractivity contribution in [3.63, 3.8) is 0 Å². The first-order valence-corrected chi connectivity index (χ1v) is 0.400. The van der Waals surface area contributed by atoms with Gasteiger partial charge in [-0.2, -0.15) is 0 Å². The van der Waals surface area contributed by atoms with E-state index in [2.05, 4.69) is 0 Å². The molecule has 0 saturated carbocycles. The smallest absolute Gasteiger partial charge is 0.373 e. The molecule has 0 atom stereocenters. The fourth-order valence-electron chi connectivity index (χ4n) is 0. The van der Waals surface area contributed by atoms with Crippen molar-refractivity contribution in [3.8, 4) is 0 Å². The molecule has 0 radical (unpaired) electrons. The Kier molecular flexibility index (Phi) is 130. The third-order valence-electron chi connectivity index (χ3n) is 0. The van der Waals surface area contributed by atoms with Gasteiger partial charge in [-0.3, -0.25) is 4.91 Å². The van der Waals surface area contributed by atoms with Crippen molar-refractivity contribution < 1.29 is 59.1 Å². The predicted octanol–water partition coefficient (Wildman–Crippen LogP) is -4.70. The maximum Gasteiger partial charge on any atom is 1.00 e. The van der Waals surface area contributed by atoms with Crippen molar-refractivity contribution in [1.82, 2.24) is 0 Å². The zero-order valence-electron chi connectivity index (χ0n) is 3.75. The second kappa shape index (κ2) is 30.6. The van der Waals surface area contributed by atoms with Crippen molar-refractivity contribution in [2.75, 3.05) is 0 Å². The minimum absolute atomic E-state index is 0. The molecule has 0 rings (SSSR count). The molecule has 0 aliphatic heterocycles. The van der Waals surface area contributed by atoms with Crippen LogP contribution in [0.5, 0.6) is 0 Å². The molecule has 0 heterocycles. The van der Waals surface area contributed by atoms with Crippen LogP contribution in [-0.2, 0) is 0 Å². The van der Waals surface area contributed by atoms with Gasteiger partial charge in [-0.25, -0.2) is 0 Å². The normalized spacial score (nSPS) is 1.33. The summed E-state index contributed by atoms with van der Waals surface area (Å²) in [6.07, 6.45) is 0. The van der Waals surface area contributed by atoms with E-state index in [1.807, 2.05) is 0 Å². The van der Waals surface area contributed by atoms with E-state index in [1.54, 1.807) is 0 Å². The molecule has 0 saturated heterocycles. The van der Waals surface area contributed by atoms with Crippen molar-refractivity contribution in [2.24, 2.45) is 0 Å². The van der Waals surface area contributed by atoms with E-state index in [-0.39, 0.29) is 71.5 Å². The van der Waals surface area contributed by atoms with Gasteiger partial charge in [0.1, 0.15) is 0 Å². The zero-order chi connectivity index (χ0) is 2.71. The van der Waals surface area contributed by atoms with Gasteiger partial charge in [0.2, 0.25) is 0 Å². The molecule has 3 nitrogen and oxygen atoms in total. The molecule has 0 spiro atoms. The number of hydrogen-bond acceptors (Lipinski definition) is 0. The second-order valence-electron chi connectivity index (χ2n) is 0.0894.